The summed E-state index contributed by atoms with van der Waals surface area (Å²) in [5.41, 5.74) is -0.197. The Labute approximate surface area is 191 Å². The van der Waals surface area contributed by atoms with Crippen LogP contribution in [-0.2, 0) is 17.5 Å². The van der Waals surface area contributed by atoms with Gasteiger partial charge in [0.15, 0.2) is 0 Å². The number of hydrogen-bond acceptors (Lipinski definition) is 4. The molecule has 0 aliphatic carbocycles. The standard InChI is InChI=1S/C25H28F3N3O2/c1-17(2)33-22-6-4-5-19(11-22)16-30-10-9-24(13-18(30)3)8-7-23(32)31(24)21-12-20(14-29-15-21)25(26,27)28/h4-8,11-12,14-15,17-18H,9-10,13,16H2,1-3H3/t18-,24+/m0/s1. The van der Waals surface area contributed by atoms with Crippen molar-refractivity contribution in [2.45, 2.75) is 64.0 Å². The molecule has 0 saturated carbocycles. The van der Waals surface area contributed by atoms with Gasteiger partial charge in [-0.15, -0.1) is 0 Å². The van der Waals surface area contributed by atoms with E-state index in [9.17, 15) is 18.0 Å². The summed E-state index contributed by atoms with van der Waals surface area (Å²) in [6.45, 7) is 7.50. The van der Waals surface area contributed by atoms with E-state index in [2.05, 4.69) is 22.9 Å². The van der Waals surface area contributed by atoms with Crippen LogP contribution in [0.5, 0.6) is 5.75 Å². The highest BCUT2D eigenvalue weighted by molar-refractivity contribution is 6.06. The summed E-state index contributed by atoms with van der Waals surface area (Å²) in [5, 5.41) is 0. The lowest BCUT2D eigenvalue weighted by Gasteiger charge is -2.47. The SMILES string of the molecule is CC(C)Oc1cccc(CN2CC[C@]3(C=CC(=O)N3c3cncc(C(F)(F)F)c3)C[C@@H]2C)c1. The molecule has 1 aromatic carbocycles. The van der Waals surface area contributed by atoms with Crippen molar-refractivity contribution >= 4 is 11.6 Å². The van der Waals surface area contributed by atoms with Crippen molar-refractivity contribution in [1.29, 1.82) is 0 Å². The minimum absolute atomic E-state index is 0.0945. The average Bonchev–Trinajstić information content (AvgIpc) is 3.05. The molecule has 4 rings (SSSR count). The maximum atomic E-state index is 13.2. The maximum Gasteiger partial charge on any atom is 0.417 e. The molecule has 33 heavy (non-hydrogen) atoms. The van der Waals surface area contributed by atoms with Gasteiger partial charge in [0.1, 0.15) is 5.75 Å². The molecule has 2 aliphatic rings. The van der Waals surface area contributed by atoms with Gasteiger partial charge >= 0.3 is 6.18 Å². The summed E-state index contributed by atoms with van der Waals surface area (Å²) in [6.07, 6.45) is 2.25. The lowest BCUT2D eigenvalue weighted by molar-refractivity contribution is -0.137. The normalized spacial score (nSPS) is 23.7. The molecule has 1 fully saturated rings. The number of anilines is 1. The molecule has 3 heterocycles. The molecular formula is C25H28F3N3O2. The number of nitrogens with zero attached hydrogens (tertiary/aromatic N) is 3. The highest BCUT2D eigenvalue weighted by Crippen LogP contribution is 2.42. The molecule has 0 unspecified atom stereocenters. The Hall–Kier alpha value is -2.87. The van der Waals surface area contributed by atoms with E-state index in [-0.39, 0.29) is 23.7 Å². The number of aromatic nitrogens is 1. The lowest BCUT2D eigenvalue weighted by Crippen LogP contribution is -2.56. The fraction of sp³-hybridized carbons (Fsp3) is 0.440. The Morgan fingerprint density at radius 1 is 1.24 bits per heavy atom. The first-order valence-corrected chi connectivity index (χ1v) is 11.1. The van der Waals surface area contributed by atoms with E-state index in [0.29, 0.717) is 19.4 Å². The number of rotatable bonds is 5. The smallest absolute Gasteiger partial charge is 0.417 e. The van der Waals surface area contributed by atoms with E-state index in [1.54, 1.807) is 0 Å². The minimum Gasteiger partial charge on any atom is -0.491 e. The third-order valence-electron chi connectivity index (χ3n) is 6.27. The van der Waals surface area contributed by atoms with Crippen LogP contribution in [0.25, 0.3) is 0 Å². The molecule has 0 N–H and O–H groups in total. The molecule has 1 saturated heterocycles. The van der Waals surface area contributed by atoms with Crippen molar-refractivity contribution in [2.24, 2.45) is 0 Å². The van der Waals surface area contributed by atoms with Gasteiger partial charge in [0.2, 0.25) is 0 Å². The molecule has 5 nitrogen and oxygen atoms in total. The van der Waals surface area contributed by atoms with E-state index < -0.39 is 17.3 Å². The van der Waals surface area contributed by atoms with Gasteiger partial charge in [0.25, 0.3) is 5.91 Å². The van der Waals surface area contributed by atoms with Crippen LogP contribution in [0.4, 0.5) is 18.9 Å². The maximum absolute atomic E-state index is 13.2. The molecular weight excluding hydrogens is 431 g/mol. The summed E-state index contributed by atoms with van der Waals surface area (Å²) >= 11 is 0. The van der Waals surface area contributed by atoms with E-state index in [0.717, 1.165) is 30.1 Å². The number of halogens is 3. The number of carbonyl (C=O) groups excluding carboxylic acids is 1. The fourth-order valence-corrected chi connectivity index (χ4v) is 4.80. The highest BCUT2D eigenvalue weighted by Gasteiger charge is 2.47. The molecule has 1 amide bonds. The summed E-state index contributed by atoms with van der Waals surface area (Å²) in [5.74, 6) is 0.520. The highest BCUT2D eigenvalue weighted by atomic mass is 19.4. The van der Waals surface area contributed by atoms with Gasteiger partial charge in [-0.1, -0.05) is 18.2 Å². The van der Waals surface area contributed by atoms with Crippen LogP contribution in [0.1, 0.15) is 44.7 Å². The first-order valence-electron chi connectivity index (χ1n) is 11.1. The second-order valence-corrected chi connectivity index (χ2v) is 9.13. The number of hydrogen-bond donors (Lipinski definition) is 0. The first kappa shape index (κ1) is 23.3. The zero-order valence-corrected chi connectivity index (χ0v) is 19.0. The number of ether oxygens (including phenoxy) is 1. The second-order valence-electron chi connectivity index (χ2n) is 9.13. The number of benzene rings is 1. The van der Waals surface area contributed by atoms with Crippen molar-refractivity contribution in [1.82, 2.24) is 9.88 Å². The Kier molecular flexibility index (Phi) is 6.22. The third kappa shape index (κ3) is 4.90. The molecule has 0 radical (unpaired) electrons. The van der Waals surface area contributed by atoms with Crippen molar-refractivity contribution in [2.75, 3.05) is 11.4 Å². The summed E-state index contributed by atoms with van der Waals surface area (Å²) in [6, 6.07) is 9.14. The zero-order valence-electron chi connectivity index (χ0n) is 19.0. The Balaban J connectivity index is 1.52. The monoisotopic (exact) mass is 459 g/mol. The second kappa shape index (κ2) is 8.82. The van der Waals surface area contributed by atoms with Gasteiger partial charge in [-0.25, -0.2) is 0 Å². The average molecular weight is 460 g/mol. The van der Waals surface area contributed by atoms with Gasteiger partial charge in [-0.3, -0.25) is 19.6 Å². The van der Waals surface area contributed by atoms with Crippen LogP contribution in [0.15, 0.2) is 54.9 Å². The Bertz CT molecular complexity index is 1050. The van der Waals surface area contributed by atoms with Crippen molar-refractivity contribution in [3.63, 3.8) is 0 Å². The van der Waals surface area contributed by atoms with E-state index in [1.807, 2.05) is 38.1 Å². The fourth-order valence-electron chi connectivity index (χ4n) is 4.80. The minimum atomic E-state index is -4.52. The van der Waals surface area contributed by atoms with Crippen molar-refractivity contribution in [3.8, 4) is 5.75 Å². The first-order chi connectivity index (χ1) is 15.6. The van der Waals surface area contributed by atoms with Gasteiger partial charge in [-0.05, 0) is 57.4 Å². The summed E-state index contributed by atoms with van der Waals surface area (Å²) in [4.78, 5) is 20.3. The van der Waals surface area contributed by atoms with Gasteiger partial charge in [0.05, 0.1) is 29.1 Å². The molecule has 176 valence electrons. The van der Waals surface area contributed by atoms with Crippen molar-refractivity contribution in [3.05, 3.63) is 66.0 Å². The van der Waals surface area contributed by atoms with Crippen LogP contribution < -0.4 is 9.64 Å². The van der Waals surface area contributed by atoms with E-state index >= 15 is 0 Å². The molecule has 1 spiro atoms. The van der Waals surface area contributed by atoms with E-state index in [4.69, 9.17) is 4.74 Å². The molecule has 2 atom stereocenters. The van der Waals surface area contributed by atoms with Crippen LogP contribution in [0, 0.1) is 0 Å². The van der Waals surface area contributed by atoms with Crippen molar-refractivity contribution < 1.29 is 22.7 Å². The number of carbonyl (C=O) groups is 1. The third-order valence-corrected chi connectivity index (χ3v) is 6.27. The Morgan fingerprint density at radius 2 is 2.03 bits per heavy atom. The predicted molar refractivity (Wildman–Crippen MR) is 120 cm³/mol. The topological polar surface area (TPSA) is 45.7 Å². The number of amides is 1. The van der Waals surface area contributed by atoms with Crippen LogP contribution in [-0.4, -0.2) is 40.0 Å². The lowest BCUT2D eigenvalue weighted by atomic mass is 9.82. The molecule has 0 bridgehead atoms. The van der Waals surface area contributed by atoms with Crippen LogP contribution >= 0.6 is 0 Å². The number of pyridine rings is 1. The van der Waals surface area contributed by atoms with Crippen LogP contribution in [0.3, 0.4) is 0 Å². The molecule has 1 aromatic heterocycles. The molecule has 8 heteroatoms. The summed E-state index contributed by atoms with van der Waals surface area (Å²) in [7, 11) is 0. The summed E-state index contributed by atoms with van der Waals surface area (Å²) < 4.78 is 45.5. The predicted octanol–water partition coefficient (Wildman–Crippen LogP) is 5.21. The van der Waals surface area contributed by atoms with Crippen LogP contribution in [0.2, 0.25) is 0 Å². The zero-order chi connectivity index (χ0) is 23.8. The van der Waals surface area contributed by atoms with Gasteiger partial charge in [-0.2, -0.15) is 13.2 Å². The molecule has 2 aliphatic heterocycles. The van der Waals surface area contributed by atoms with Gasteiger partial charge < -0.3 is 4.74 Å². The van der Waals surface area contributed by atoms with E-state index in [1.165, 1.54) is 17.2 Å². The van der Waals surface area contributed by atoms with Gasteiger partial charge in [0, 0.05) is 31.4 Å². The number of piperidine rings is 1. The largest absolute Gasteiger partial charge is 0.491 e. The number of alkyl halides is 3. The Morgan fingerprint density at radius 3 is 2.73 bits per heavy atom. The quantitative estimate of drug-likeness (QED) is 0.616. The number of likely N-dealkylation sites (tertiary alicyclic amines) is 1. The molecule has 2 aromatic rings.